The molecule has 1 aromatic carbocycles. The van der Waals surface area contributed by atoms with Gasteiger partial charge in [0, 0.05) is 5.92 Å². The molecule has 2 atom stereocenters. The first-order valence-electron chi connectivity index (χ1n) is 5.89. The van der Waals surface area contributed by atoms with Crippen LogP contribution in [0.4, 0.5) is 5.69 Å². The molecule has 0 bridgehead atoms. The molecule has 0 heterocycles. The van der Waals surface area contributed by atoms with E-state index in [9.17, 15) is 15.0 Å². The Balaban J connectivity index is 2.22. The Labute approximate surface area is 100 Å². The van der Waals surface area contributed by atoms with Crippen molar-refractivity contribution >= 4 is 11.5 Å². The summed E-state index contributed by atoms with van der Waals surface area (Å²) in [5.41, 5.74) is 6.05. The Morgan fingerprint density at radius 1 is 1.35 bits per heavy atom. The lowest BCUT2D eigenvalue weighted by Gasteiger charge is -2.25. The van der Waals surface area contributed by atoms with Crippen molar-refractivity contribution in [2.45, 2.75) is 31.8 Å². The summed E-state index contributed by atoms with van der Waals surface area (Å²) in [5, 5.41) is 19.3. The number of hydrogen-bond acceptors (Lipinski definition) is 4. The summed E-state index contributed by atoms with van der Waals surface area (Å²) < 4.78 is 0. The predicted octanol–water partition coefficient (Wildman–Crippen LogP) is 1.71. The number of nitrogens with two attached hydrogens (primary N) is 1. The lowest BCUT2D eigenvalue weighted by Crippen LogP contribution is -2.26. The van der Waals surface area contributed by atoms with Crippen molar-refractivity contribution in [1.82, 2.24) is 0 Å². The molecule has 1 aliphatic carbocycles. The smallest absolute Gasteiger partial charge is 0.169 e. The highest BCUT2D eigenvalue weighted by Gasteiger charge is 2.28. The first-order chi connectivity index (χ1) is 8.09. The summed E-state index contributed by atoms with van der Waals surface area (Å²) in [6.45, 7) is 0. The number of phenolic OH excluding ortho intramolecular Hbond substituents is 1. The van der Waals surface area contributed by atoms with Gasteiger partial charge in [-0.15, -0.1) is 0 Å². The van der Waals surface area contributed by atoms with Crippen molar-refractivity contribution in [3.63, 3.8) is 0 Å². The number of rotatable bonds is 2. The molecule has 2 unspecified atom stereocenters. The summed E-state index contributed by atoms with van der Waals surface area (Å²) in [4.78, 5) is 12.2. The summed E-state index contributed by atoms with van der Waals surface area (Å²) in [5.74, 6) is -0.461. The summed E-state index contributed by atoms with van der Waals surface area (Å²) >= 11 is 0. The third-order valence-corrected chi connectivity index (χ3v) is 3.35. The Morgan fingerprint density at radius 3 is 2.82 bits per heavy atom. The normalized spacial score (nSPS) is 24.5. The van der Waals surface area contributed by atoms with Crippen molar-refractivity contribution in [3.8, 4) is 5.75 Å². The molecule has 0 saturated heterocycles. The van der Waals surface area contributed by atoms with Crippen LogP contribution in [0.3, 0.4) is 0 Å². The molecule has 17 heavy (non-hydrogen) atoms. The van der Waals surface area contributed by atoms with E-state index in [4.69, 9.17) is 5.73 Å². The molecule has 0 amide bonds. The van der Waals surface area contributed by atoms with E-state index in [1.165, 1.54) is 0 Å². The number of nitrogen functional groups attached to an aromatic ring is 1. The number of carbonyl (C=O) groups excluding carboxylic acids is 1. The van der Waals surface area contributed by atoms with Crippen LogP contribution >= 0.6 is 0 Å². The first-order valence-corrected chi connectivity index (χ1v) is 5.89. The third kappa shape index (κ3) is 2.42. The van der Waals surface area contributed by atoms with Gasteiger partial charge in [0.15, 0.2) is 5.78 Å². The van der Waals surface area contributed by atoms with Gasteiger partial charge < -0.3 is 15.9 Å². The van der Waals surface area contributed by atoms with E-state index in [1.807, 2.05) is 0 Å². The second kappa shape index (κ2) is 4.75. The van der Waals surface area contributed by atoms with Crippen LogP contribution in [-0.4, -0.2) is 22.1 Å². The number of anilines is 1. The molecular weight excluding hydrogens is 218 g/mol. The highest BCUT2D eigenvalue weighted by atomic mass is 16.3. The Hall–Kier alpha value is -1.55. The number of hydrogen-bond donors (Lipinski definition) is 3. The van der Waals surface area contributed by atoms with Gasteiger partial charge in [-0.1, -0.05) is 12.5 Å². The van der Waals surface area contributed by atoms with E-state index >= 15 is 0 Å². The zero-order chi connectivity index (χ0) is 12.4. The molecule has 0 aromatic heterocycles. The minimum Gasteiger partial charge on any atom is -0.505 e. The van der Waals surface area contributed by atoms with Crippen LogP contribution in [0, 0.1) is 5.92 Å². The van der Waals surface area contributed by atoms with Crippen LogP contribution < -0.4 is 5.73 Å². The SMILES string of the molecule is Nc1cccc(C(=O)C2CCCC(O)C2)c1O. The Morgan fingerprint density at radius 2 is 2.12 bits per heavy atom. The largest absolute Gasteiger partial charge is 0.505 e. The van der Waals surface area contributed by atoms with E-state index in [-0.39, 0.29) is 28.7 Å². The number of carbonyl (C=O) groups is 1. The zero-order valence-electron chi connectivity index (χ0n) is 9.60. The zero-order valence-corrected chi connectivity index (χ0v) is 9.60. The second-order valence-corrected chi connectivity index (χ2v) is 4.63. The number of aliphatic hydroxyl groups is 1. The molecule has 92 valence electrons. The van der Waals surface area contributed by atoms with Crippen molar-refractivity contribution in [2.24, 2.45) is 5.92 Å². The minimum atomic E-state index is -0.402. The summed E-state index contributed by atoms with van der Waals surface area (Å²) in [6.07, 6.45) is 2.45. The molecule has 0 radical (unpaired) electrons. The maximum Gasteiger partial charge on any atom is 0.169 e. The molecule has 4 nitrogen and oxygen atoms in total. The van der Waals surface area contributed by atoms with E-state index < -0.39 is 6.10 Å². The minimum absolute atomic E-state index is 0.117. The van der Waals surface area contributed by atoms with Crippen molar-refractivity contribution < 1.29 is 15.0 Å². The molecule has 1 saturated carbocycles. The fraction of sp³-hybridized carbons (Fsp3) is 0.462. The molecule has 0 aliphatic heterocycles. The number of ketones is 1. The standard InChI is InChI=1S/C13H17NO3/c14-11-6-2-5-10(13(11)17)12(16)8-3-1-4-9(15)7-8/h2,5-6,8-9,15,17H,1,3-4,7,14H2. The van der Waals surface area contributed by atoms with Crippen molar-refractivity contribution in [3.05, 3.63) is 23.8 Å². The van der Waals surface area contributed by atoms with Gasteiger partial charge in [0.1, 0.15) is 5.75 Å². The van der Waals surface area contributed by atoms with Gasteiger partial charge in [-0.3, -0.25) is 4.79 Å². The number of phenols is 1. The second-order valence-electron chi connectivity index (χ2n) is 4.63. The fourth-order valence-electron chi connectivity index (χ4n) is 2.38. The quantitative estimate of drug-likeness (QED) is 0.414. The van der Waals surface area contributed by atoms with Crippen molar-refractivity contribution in [2.75, 3.05) is 5.73 Å². The van der Waals surface area contributed by atoms with Crippen LogP contribution in [-0.2, 0) is 0 Å². The molecule has 4 N–H and O–H groups in total. The Bertz CT molecular complexity index is 431. The van der Waals surface area contributed by atoms with Crippen LogP contribution in [0.2, 0.25) is 0 Å². The average Bonchev–Trinajstić information content (AvgIpc) is 2.32. The van der Waals surface area contributed by atoms with E-state index in [0.29, 0.717) is 6.42 Å². The van der Waals surface area contributed by atoms with Gasteiger partial charge >= 0.3 is 0 Å². The van der Waals surface area contributed by atoms with Crippen LogP contribution in [0.15, 0.2) is 18.2 Å². The van der Waals surface area contributed by atoms with Crippen LogP contribution in [0.5, 0.6) is 5.75 Å². The van der Waals surface area contributed by atoms with Gasteiger partial charge in [-0.2, -0.15) is 0 Å². The van der Waals surface area contributed by atoms with Gasteiger partial charge in [0.2, 0.25) is 0 Å². The lowest BCUT2D eigenvalue weighted by atomic mass is 9.82. The van der Waals surface area contributed by atoms with Gasteiger partial charge in [0.05, 0.1) is 17.4 Å². The third-order valence-electron chi connectivity index (χ3n) is 3.35. The number of benzene rings is 1. The molecule has 1 aromatic rings. The number of para-hydroxylation sites is 1. The molecule has 2 rings (SSSR count). The van der Waals surface area contributed by atoms with Gasteiger partial charge in [-0.25, -0.2) is 0 Å². The maximum atomic E-state index is 12.2. The van der Waals surface area contributed by atoms with Gasteiger partial charge in [0.25, 0.3) is 0 Å². The lowest BCUT2D eigenvalue weighted by molar-refractivity contribution is 0.0706. The summed E-state index contributed by atoms with van der Waals surface area (Å²) in [7, 11) is 0. The maximum absolute atomic E-state index is 12.2. The molecule has 0 spiro atoms. The van der Waals surface area contributed by atoms with E-state index in [0.717, 1.165) is 19.3 Å². The molecule has 1 aliphatic rings. The fourth-order valence-corrected chi connectivity index (χ4v) is 2.38. The van der Waals surface area contributed by atoms with Crippen LogP contribution in [0.25, 0.3) is 0 Å². The number of aromatic hydroxyl groups is 1. The molecule has 1 fully saturated rings. The monoisotopic (exact) mass is 235 g/mol. The topological polar surface area (TPSA) is 83.6 Å². The number of Topliss-reactive ketones (excluding diaryl/α,β-unsaturated/α-hetero) is 1. The number of aliphatic hydroxyl groups excluding tert-OH is 1. The Kier molecular flexibility index (Phi) is 3.33. The highest BCUT2D eigenvalue weighted by Crippen LogP contribution is 2.32. The summed E-state index contributed by atoms with van der Waals surface area (Å²) in [6, 6.07) is 4.79. The average molecular weight is 235 g/mol. The molecule has 4 heteroatoms. The molecular formula is C13H17NO3. The van der Waals surface area contributed by atoms with E-state index in [2.05, 4.69) is 0 Å². The highest BCUT2D eigenvalue weighted by molar-refractivity contribution is 6.01. The first kappa shape index (κ1) is 11.9. The van der Waals surface area contributed by atoms with Crippen LogP contribution in [0.1, 0.15) is 36.0 Å². The van der Waals surface area contributed by atoms with E-state index in [1.54, 1.807) is 18.2 Å². The van der Waals surface area contributed by atoms with Gasteiger partial charge in [-0.05, 0) is 31.4 Å². The van der Waals surface area contributed by atoms with Crippen molar-refractivity contribution in [1.29, 1.82) is 0 Å². The predicted molar refractivity (Wildman–Crippen MR) is 64.8 cm³/mol.